The second-order valence-corrected chi connectivity index (χ2v) is 5.54. The largest absolute Gasteiger partial charge is 0.462 e. The molecule has 0 bridgehead atoms. The standard InChI is InChI=1S/C19H24O2/c1-3-5-9-15(4-2)14-21-19(20)18-13-8-11-16-10-6-7-12-17(16)18/h6-8,10-13,15H,3-5,9,14H2,1-2H3. The molecule has 0 radical (unpaired) electrons. The summed E-state index contributed by atoms with van der Waals surface area (Å²) in [5.41, 5.74) is 0.665. The quantitative estimate of drug-likeness (QED) is 0.652. The third-order valence-corrected chi connectivity index (χ3v) is 4.00. The lowest BCUT2D eigenvalue weighted by Crippen LogP contribution is -2.14. The van der Waals surface area contributed by atoms with Crippen molar-refractivity contribution in [1.82, 2.24) is 0 Å². The fraction of sp³-hybridized carbons (Fsp3) is 0.421. The van der Waals surface area contributed by atoms with Gasteiger partial charge in [0.15, 0.2) is 0 Å². The highest BCUT2D eigenvalue weighted by Gasteiger charge is 2.14. The zero-order valence-electron chi connectivity index (χ0n) is 13.0. The maximum atomic E-state index is 12.3. The molecule has 0 fully saturated rings. The molecule has 0 aliphatic rings. The van der Waals surface area contributed by atoms with Crippen LogP contribution in [-0.4, -0.2) is 12.6 Å². The van der Waals surface area contributed by atoms with Crippen molar-refractivity contribution in [2.45, 2.75) is 39.5 Å². The van der Waals surface area contributed by atoms with E-state index in [0.29, 0.717) is 18.1 Å². The van der Waals surface area contributed by atoms with E-state index >= 15 is 0 Å². The Labute approximate surface area is 127 Å². The van der Waals surface area contributed by atoms with Gasteiger partial charge in [-0.15, -0.1) is 0 Å². The normalized spacial score (nSPS) is 12.3. The van der Waals surface area contributed by atoms with Crippen LogP contribution in [-0.2, 0) is 4.74 Å². The van der Waals surface area contributed by atoms with Crippen LogP contribution in [0.4, 0.5) is 0 Å². The summed E-state index contributed by atoms with van der Waals surface area (Å²) in [6.07, 6.45) is 4.58. The van der Waals surface area contributed by atoms with Gasteiger partial charge in [-0.2, -0.15) is 0 Å². The van der Waals surface area contributed by atoms with Crippen LogP contribution < -0.4 is 0 Å². The number of hydrogen-bond acceptors (Lipinski definition) is 2. The fourth-order valence-corrected chi connectivity index (χ4v) is 2.57. The highest BCUT2D eigenvalue weighted by molar-refractivity contribution is 6.04. The number of ether oxygens (including phenoxy) is 1. The van der Waals surface area contributed by atoms with E-state index in [1.54, 1.807) is 0 Å². The van der Waals surface area contributed by atoms with Crippen molar-refractivity contribution in [3.05, 3.63) is 48.0 Å². The Bertz CT molecular complexity index is 584. The molecule has 2 rings (SSSR count). The molecule has 1 unspecified atom stereocenters. The lowest BCUT2D eigenvalue weighted by Gasteiger charge is -2.15. The summed E-state index contributed by atoms with van der Waals surface area (Å²) in [5, 5.41) is 2.04. The Balaban J connectivity index is 2.05. The van der Waals surface area contributed by atoms with E-state index in [1.165, 1.54) is 12.8 Å². The number of rotatable bonds is 7. The average molecular weight is 284 g/mol. The maximum Gasteiger partial charge on any atom is 0.338 e. The van der Waals surface area contributed by atoms with E-state index < -0.39 is 0 Å². The molecule has 0 saturated heterocycles. The molecule has 0 aliphatic heterocycles. The summed E-state index contributed by atoms with van der Waals surface area (Å²) in [7, 11) is 0. The predicted octanol–water partition coefficient (Wildman–Crippen LogP) is 5.21. The van der Waals surface area contributed by atoms with E-state index in [0.717, 1.165) is 23.6 Å². The van der Waals surface area contributed by atoms with Crippen LogP contribution in [0.3, 0.4) is 0 Å². The van der Waals surface area contributed by atoms with Gasteiger partial charge in [-0.05, 0) is 29.2 Å². The Morgan fingerprint density at radius 1 is 1.10 bits per heavy atom. The maximum absolute atomic E-state index is 12.3. The van der Waals surface area contributed by atoms with Crippen LogP contribution in [0, 0.1) is 5.92 Å². The second-order valence-electron chi connectivity index (χ2n) is 5.54. The van der Waals surface area contributed by atoms with Crippen LogP contribution >= 0.6 is 0 Å². The summed E-state index contributed by atoms with van der Waals surface area (Å²) in [5.74, 6) is 0.269. The minimum Gasteiger partial charge on any atom is -0.462 e. The molecule has 0 heterocycles. The fourth-order valence-electron chi connectivity index (χ4n) is 2.57. The second kappa shape index (κ2) is 7.82. The molecule has 0 aromatic heterocycles. The van der Waals surface area contributed by atoms with Gasteiger partial charge in [-0.25, -0.2) is 4.79 Å². The van der Waals surface area contributed by atoms with E-state index in [4.69, 9.17) is 4.74 Å². The van der Waals surface area contributed by atoms with Gasteiger partial charge < -0.3 is 4.74 Å². The van der Waals surface area contributed by atoms with Crippen LogP contribution in [0.5, 0.6) is 0 Å². The molecule has 2 aromatic carbocycles. The molecule has 112 valence electrons. The van der Waals surface area contributed by atoms with Gasteiger partial charge >= 0.3 is 5.97 Å². The SMILES string of the molecule is CCCCC(CC)COC(=O)c1cccc2ccccc12. The van der Waals surface area contributed by atoms with E-state index in [9.17, 15) is 4.79 Å². The molecular weight excluding hydrogens is 260 g/mol. The summed E-state index contributed by atoms with van der Waals surface area (Å²) in [6.45, 7) is 4.87. The van der Waals surface area contributed by atoms with Crippen molar-refractivity contribution in [2.24, 2.45) is 5.92 Å². The molecule has 21 heavy (non-hydrogen) atoms. The molecule has 0 saturated carbocycles. The van der Waals surface area contributed by atoms with Crippen molar-refractivity contribution in [1.29, 1.82) is 0 Å². The third kappa shape index (κ3) is 4.07. The number of unbranched alkanes of at least 4 members (excludes halogenated alkanes) is 1. The average Bonchev–Trinajstić information content (AvgIpc) is 2.54. The molecule has 0 aliphatic carbocycles. The number of hydrogen-bond donors (Lipinski definition) is 0. The Morgan fingerprint density at radius 3 is 2.62 bits per heavy atom. The number of benzene rings is 2. The van der Waals surface area contributed by atoms with Gasteiger partial charge in [-0.1, -0.05) is 69.5 Å². The first kappa shape index (κ1) is 15.6. The zero-order valence-corrected chi connectivity index (χ0v) is 13.0. The Kier molecular flexibility index (Phi) is 5.79. The van der Waals surface area contributed by atoms with Crippen LogP contribution in [0.1, 0.15) is 49.9 Å². The minimum absolute atomic E-state index is 0.207. The zero-order chi connectivity index (χ0) is 15.1. The molecule has 0 amide bonds. The van der Waals surface area contributed by atoms with Gasteiger partial charge in [0.05, 0.1) is 12.2 Å². The highest BCUT2D eigenvalue weighted by Crippen LogP contribution is 2.20. The summed E-state index contributed by atoms with van der Waals surface area (Å²) < 4.78 is 5.55. The molecular formula is C19H24O2. The van der Waals surface area contributed by atoms with E-state index in [1.807, 2.05) is 42.5 Å². The molecule has 0 spiro atoms. The summed E-state index contributed by atoms with van der Waals surface area (Å²) in [6, 6.07) is 13.7. The van der Waals surface area contributed by atoms with Crippen LogP contribution in [0.15, 0.2) is 42.5 Å². The van der Waals surface area contributed by atoms with Crippen molar-refractivity contribution in [3.63, 3.8) is 0 Å². The van der Waals surface area contributed by atoms with Gasteiger partial charge in [0, 0.05) is 0 Å². The first-order chi connectivity index (χ1) is 10.3. The smallest absolute Gasteiger partial charge is 0.338 e. The van der Waals surface area contributed by atoms with Crippen molar-refractivity contribution in [3.8, 4) is 0 Å². The van der Waals surface area contributed by atoms with E-state index in [2.05, 4.69) is 13.8 Å². The van der Waals surface area contributed by atoms with Gasteiger partial charge in [-0.3, -0.25) is 0 Å². The summed E-state index contributed by atoms with van der Waals surface area (Å²) >= 11 is 0. The lowest BCUT2D eigenvalue weighted by molar-refractivity contribution is 0.0430. The number of carbonyl (C=O) groups excluding carboxylic acids is 1. The molecule has 1 atom stereocenters. The first-order valence-electron chi connectivity index (χ1n) is 7.91. The van der Waals surface area contributed by atoms with Crippen molar-refractivity contribution >= 4 is 16.7 Å². The molecule has 2 nitrogen and oxygen atoms in total. The minimum atomic E-state index is -0.207. The third-order valence-electron chi connectivity index (χ3n) is 4.00. The lowest BCUT2D eigenvalue weighted by atomic mass is 10.0. The van der Waals surface area contributed by atoms with Crippen LogP contribution in [0.2, 0.25) is 0 Å². The monoisotopic (exact) mass is 284 g/mol. The molecule has 2 aromatic rings. The Hall–Kier alpha value is -1.83. The Morgan fingerprint density at radius 2 is 1.86 bits per heavy atom. The summed E-state index contributed by atoms with van der Waals surface area (Å²) in [4.78, 5) is 12.3. The predicted molar refractivity (Wildman–Crippen MR) is 87.5 cm³/mol. The van der Waals surface area contributed by atoms with E-state index in [-0.39, 0.29) is 5.97 Å². The highest BCUT2D eigenvalue weighted by atomic mass is 16.5. The van der Waals surface area contributed by atoms with Gasteiger partial charge in [0.1, 0.15) is 0 Å². The number of fused-ring (bicyclic) bond motifs is 1. The topological polar surface area (TPSA) is 26.3 Å². The number of esters is 1. The molecule has 2 heteroatoms. The number of carbonyl (C=O) groups is 1. The van der Waals surface area contributed by atoms with Crippen molar-refractivity contribution < 1.29 is 9.53 Å². The first-order valence-corrected chi connectivity index (χ1v) is 7.91. The van der Waals surface area contributed by atoms with Gasteiger partial charge in [0.25, 0.3) is 0 Å². The van der Waals surface area contributed by atoms with Gasteiger partial charge in [0.2, 0.25) is 0 Å². The van der Waals surface area contributed by atoms with Crippen molar-refractivity contribution in [2.75, 3.05) is 6.61 Å². The van der Waals surface area contributed by atoms with Crippen LogP contribution in [0.25, 0.3) is 10.8 Å². The molecule has 0 N–H and O–H groups in total.